The van der Waals surface area contributed by atoms with Crippen LogP contribution in [0.4, 0.5) is 0 Å². The molecule has 0 saturated heterocycles. The summed E-state index contributed by atoms with van der Waals surface area (Å²) in [6.07, 6.45) is 2.56. The van der Waals surface area contributed by atoms with E-state index in [0.717, 1.165) is 18.3 Å². The first kappa shape index (κ1) is 8.62. The summed E-state index contributed by atoms with van der Waals surface area (Å²) in [6.45, 7) is 3.02. The Balaban J connectivity index is 1.74. The van der Waals surface area contributed by atoms with Crippen molar-refractivity contribution in [1.29, 1.82) is 0 Å². The Kier molecular flexibility index (Phi) is 2.26. The van der Waals surface area contributed by atoms with Crippen LogP contribution in [0.1, 0.15) is 25.6 Å². The van der Waals surface area contributed by atoms with Crippen LogP contribution >= 0.6 is 0 Å². The van der Waals surface area contributed by atoms with Gasteiger partial charge in [-0.3, -0.25) is 0 Å². The van der Waals surface area contributed by atoms with Crippen LogP contribution in [0.3, 0.4) is 0 Å². The second-order valence-electron chi connectivity index (χ2n) is 3.85. The fourth-order valence-electron chi connectivity index (χ4n) is 1.70. The molecule has 1 N–H and O–H groups in total. The van der Waals surface area contributed by atoms with Crippen LogP contribution in [0.2, 0.25) is 0 Å². The fraction of sp³-hybridized carbons (Fsp3) is 0.875. The molecule has 5 heteroatoms. The van der Waals surface area contributed by atoms with E-state index in [1.807, 2.05) is 0 Å². The zero-order valence-electron chi connectivity index (χ0n) is 8.06. The molecule has 1 aromatic rings. The fourth-order valence-corrected chi connectivity index (χ4v) is 1.70. The van der Waals surface area contributed by atoms with Crippen LogP contribution < -0.4 is 5.32 Å². The van der Waals surface area contributed by atoms with Crippen LogP contribution in [-0.4, -0.2) is 26.2 Å². The zero-order chi connectivity index (χ0) is 9.26. The smallest absolute Gasteiger partial charge is 0.188 e. The van der Waals surface area contributed by atoms with Gasteiger partial charge in [0.2, 0.25) is 0 Å². The quantitative estimate of drug-likeness (QED) is 0.718. The minimum absolute atomic E-state index is 0.666. The second-order valence-corrected chi connectivity index (χ2v) is 3.85. The van der Waals surface area contributed by atoms with E-state index in [1.54, 1.807) is 7.05 Å². The van der Waals surface area contributed by atoms with Crippen LogP contribution in [0, 0.1) is 5.92 Å². The molecular formula is C8H15N5. The predicted molar refractivity (Wildman–Crippen MR) is 47.8 cm³/mol. The first-order chi connectivity index (χ1) is 6.24. The van der Waals surface area contributed by atoms with Gasteiger partial charge < -0.3 is 5.32 Å². The molecular weight excluding hydrogens is 166 g/mol. The number of aromatic nitrogens is 4. The lowest BCUT2D eigenvalue weighted by atomic mass is 9.82. The van der Waals surface area contributed by atoms with Gasteiger partial charge in [0.25, 0.3) is 0 Å². The third-order valence-electron chi connectivity index (χ3n) is 2.47. The van der Waals surface area contributed by atoms with Gasteiger partial charge in [-0.1, -0.05) is 6.92 Å². The standard InChI is InChI=1S/C8H15N5/c1-6-3-7(4-6)9-5-8-10-12-13(2)11-8/h6-7,9H,3-5H2,1-2H3. The van der Waals surface area contributed by atoms with E-state index >= 15 is 0 Å². The Morgan fingerprint density at radius 3 is 2.85 bits per heavy atom. The highest BCUT2D eigenvalue weighted by Crippen LogP contribution is 2.26. The molecule has 0 aromatic carbocycles. The minimum atomic E-state index is 0.666. The summed E-state index contributed by atoms with van der Waals surface area (Å²) in [6, 6.07) is 0.666. The lowest BCUT2D eigenvalue weighted by Gasteiger charge is -2.33. The highest BCUT2D eigenvalue weighted by molar-refractivity contribution is 4.85. The molecule has 0 unspecified atom stereocenters. The molecule has 1 heterocycles. The molecule has 1 aliphatic carbocycles. The van der Waals surface area contributed by atoms with Gasteiger partial charge in [0, 0.05) is 6.04 Å². The molecule has 13 heavy (non-hydrogen) atoms. The summed E-state index contributed by atoms with van der Waals surface area (Å²) < 4.78 is 0. The molecule has 1 saturated carbocycles. The summed E-state index contributed by atoms with van der Waals surface area (Å²) >= 11 is 0. The number of hydrogen-bond acceptors (Lipinski definition) is 4. The Morgan fingerprint density at radius 2 is 2.31 bits per heavy atom. The van der Waals surface area contributed by atoms with Crippen molar-refractivity contribution < 1.29 is 0 Å². The molecule has 1 fully saturated rings. The average molecular weight is 181 g/mol. The largest absolute Gasteiger partial charge is 0.307 e. The number of nitrogens with zero attached hydrogens (tertiary/aromatic N) is 4. The molecule has 0 amide bonds. The van der Waals surface area contributed by atoms with Crippen LogP contribution in [0.5, 0.6) is 0 Å². The third kappa shape index (κ3) is 2.03. The van der Waals surface area contributed by atoms with Crippen molar-refractivity contribution in [2.45, 2.75) is 32.4 Å². The van der Waals surface area contributed by atoms with Gasteiger partial charge in [-0.15, -0.1) is 10.2 Å². The molecule has 0 bridgehead atoms. The zero-order valence-corrected chi connectivity index (χ0v) is 8.06. The molecule has 0 radical (unpaired) electrons. The maximum absolute atomic E-state index is 4.09. The van der Waals surface area contributed by atoms with E-state index in [9.17, 15) is 0 Å². The van der Waals surface area contributed by atoms with Crippen molar-refractivity contribution in [2.75, 3.05) is 0 Å². The topological polar surface area (TPSA) is 55.6 Å². The van der Waals surface area contributed by atoms with Crippen molar-refractivity contribution in [3.63, 3.8) is 0 Å². The van der Waals surface area contributed by atoms with Gasteiger partial charge >= 0.3 is 0 Å². The Morgan fingerprint density at radius 1 is 1.54 bits per heavy atom. The summed E-state index contributed by atoms with van der Waals surface area (Å²) in [5.41, 5.74) is 0. The van der Waals surface area contributed by atoms with Crippen LogP contribution in [0.15, 0.2) is 0 Å². The number of nitrogens with one attached hydrogen (secondary N) is 1. The lowest BCUT2D eigenvalue weighted by Crippen LogP contribution is -2.39. The van der Waals surface area contributed by atoms with Gasteiger partial charge in [-0.25, -0.2) is 0 Å². The molecule has 72 valence electrons. The first-order valence-corrected chi connectivity index (χ1v) is 4.70. The third-order valence-corrected chi connectivity index (χ3v) is 2.47. The Hall–Kier alpha value is -0.970. The van der Waals surface area contributed by atoms with E-state index in [1.165, 1.54) is 17.6 Å². The van der Waals surface area contributed by atoms with Crippen molar-refractivity contribution in [3.8, 4) is 0 Å². The van der Waals surface area contributed by atoms with E-state index in [4.69, 9.17) is 0 Å². The SMILES string of the molecule is CC1CC(NCc2nnn(C)n2)C1. The maximum Gasteiger partial charge on any atom is 0.188 e. The predicted octanol–water partition coefficient (Wildman–Crippen LogP) is 0.0982. The summed E-state index contributed by atoms with van der Waals surface area (Å²) in [5, 5.41) is 15.2. The molecule has 0 atom stereocenters. The number of rotatable bonds is 3. The molecule has 1 aliphatic rings. The highest BCUT2D eigenvalue weighted by Gasteiger charge is 2.24. The number of aryl methyl sites for hydroxylation is 1. The average Bonchev–Trinajstić information content (AvgIpc) is 2.43. The monoisotopic (exact) mass is 181 g/mol. The van der Waals surface area contributed by atoms with E-state index < -0.39 is 0 Å². The highest BCUT2D eigenvalue weighted by atomic mass is 15.6. The van der Waals surface area contributed by atoms with Gasteiger partial charge in [0.05, 0.1) is 13.6 Å². The van der Waals surface area contributed by atoms with Gasteiger partial charge in [-0.2, -0.15) is 4.80 Å². The van der Waals surface area contributed by atoms with E-state index in [-0.39, 0.29) is 0 Å². The van der Waals surface area contributed by atoms with Crippen molar-refractivity contribution in [1.82, 2.24) is 25.5 Å². The summed E-state index contributed by atoms with van der Waals surface area (Å²) in [4.78, 5) is 1.49. The van der Waals surface area contributed by atoms with Crippen molar-refractivity contribution >= 4 is 0 Å². The summed E-state index contributed by atoms with van der Waals surface area (Å²) in [7, 11) is 1.78. The molecule has 2 rings (SSSR count). The molecule has 5 nitrogen and oxygen atoms in total. The Labute approximate surface area is 77.5 Å². The van der Waals surface area contributed by atoms with Gasteiger partial charge in [0.15, 0.2) is 5.82 Å². The van der Waals surface area contributed by atoms with E-state index in [0.29, 0.717) is 6.04 Å². The number of tetrazole rings is 1. The van der Waals surface area contributed by atoms with Crippen LogP contribution in [-0.2, 0) is 13.6 Å². The van der Waals surface area contributed by atoms with Crippen molar-refractivity contribution in [3.05, 3.63) is 5.82 Å². The second kappa shape index (κ2) is 3.41. The molecule has 0 aliphatic heterocycles. The lowest BCUT2D eigenvalue weighted by molar-refractivity contribution is 0.239. The van der Waals surface area contributed by atoms with Gasteiger partial charge in [-0.05, 0) is 24.0 Å². The van der Waals surface area contributed by atoms with E-state index in [2.05, 4.69) is 27.7 Å². The Bertz CT molecular complexity index is 276. The van der Waals surface area contributed by atoms with Crippen LogP contribution in [0.25, 0.3) is 0 Å². The number of hydrogen-bond donors (Lipinski definition) is 1. The summed E-state index contributed by atoms with van der Waals surface area (Å²) in [5.74, 6) is 1.66. The molecule has 1 aromatic heterocycles. The van der Waals surface area contributed by atoms with Crippen molar-refractivity contribution in [2.24, 2.45) is 13.0 Å². The maximum atomic E-state index is 4.09. The first-order valence-electron chi connectivity index (χ1n) is 4.70. The minimum Gasteiger partial charge on any atom is -0.307 e. The van der Waals surface area contributed by atoms with Gasteiger partial charge in [0.1, 0.15) is 0 Å². The molecule has 0 spiro atoms. The normalized spacial score (nSPS) is 27.2.